The molecule has 2 fully saturated rings. The van der Waals surface area contributed by atoms with Gasteiger partial charge in [-0.25, -0.2) is 4.98 Å². The molecule has 5 nitrogen and oxygen atoms in total. The molecule has 1 N–H and O–H groups in total. The van der Waals surface area contributed by atoms with E-state index in [9.17, 15) is 4.79 Å². The second-order valence-corrected chi connectivity index (χ2v) is 6.15. The Morgan fingerprint density at radius 1 is 1.23 bits per heavy atom. The van der Waals surface area contributed by atoms with Gasteiger partial charge in [-0.3, -0.25) is 4.79 Å². The van der Waals surface area contributed by atoms with Gasteiger partial charge in [0.1, 0.15) is 11.9 Å². The molecule has 2 aliphatic rings. The van der Waals surface area contributed by atoms with Crippen LogP contribution in [0.5, 0.6) is 0 Å². The lowest BCUT2D eigenvalue weighted by atomic mass is 10.2. The maximum atomic E-state index is 11.9. The number of ether oxygens (including phenoxy) is 1. The van der Waals surface area contributed by atoms with Gasteiger partial charge in [-0.1, -0.05) is 18.9 Å². The lowest BCUT2D eigenvalue weighted by Crippen LogP contribution is -2.33. The van der Waals surface area contributed by atoms with Crippen LogP contribution in [0.15, 0.2) is 18.3 Å². The molecule has 22 heavy (non-hydrogen) atoms. The molecule has 0 bridgehead atoms. The molecule has 1 amide bonds. The summed E-state index contributed by atoms with van der Waals surface area (Å²) in [7, 11) is 0. The fourth-order valence-electron chi connectivity index (χ4n) is 3.10. The van der Waals surface area contributed by atoms with E-state index in [1.807, 2.05) is 6.20 Å². The van der Waals surface area contributed by atoms with Gasteiger partial charge in [0.2, 0.25) is 5.91 Å². The standard InChI is InChI=1S/C17H25N3O2/c21-17(15-6-5-11-22-15)19-13-14-7-8-16(18-12-14)20-9-3-1-2-4-10-20/h7-8,12,15H,1-6,9-11,13H2,(H,19,21)/t15-/m0/s1. The number of nitrogens with zero attached hydrogens (tertiary/aromatic N) is 2. The van der Waals surface area contributed by atoms with E-state index in [2.05, 4.69) is 27.3 Å². The van der Waals surface area contributed by atoms with Crippen LogP contribution in [0.4, 0.5) is 5.82 Å². The Balaban J connectivity index is 1.51. The van der Waals surface area contributed by atoms with Crippen molar-refractivity contribution < 1.29 is 9.53 Å². The molecule has 2 aliphatic heterocycles. The average molecular weight is 303 g/mol. The van der Waals surface area contributed by atoms with Gasteiger partial charge in [-0.05, 0) is 37.3 Å². The zero-order chi connectivity index (χ0) is 15.2. The number of hydrogen-bond donors (Lipinski definition) is 1. The second-order valence-electron chi connectivity index (χ2n) is 6.15. The highest BCUT2D eigenvalue weighted by Gasteiger charge is 2.23. The van der Waals surface area contributed by atoms with Gasteiger partial charge >= 0.3 is 0 Å². The number of aromatic nitrogens is 1. The first kappa shape index (κ1) is 15.3. The highest BCUT2D eigenvalue weighted by Crippen LogP contribution is 2.17. The molecule has 1 aromatic heterocycles. The Bertz CT molecular complexity index is 475. The summed E-state index contributed by atoms with van der Waals surface area (Å²) in [5.74, 6) is 1.05. The fraction of sp³-hybridized carbons (Fsp3) is 0.647. The van der Waals surface area contributed by atoms with Crippen molar-refractivity contribution in [3.8, 4) is 0 Å². The van der Waals surface area contributed by atoms with Crippen molar-refractivity contribution in [2.75, 3.05) is 24.6 Å². The van der Waals surface area contributed by atoms with Gasteiger partial charge in [0.05, 0.1) is 0 Å². The Hall–Kier alpha value is -1.62. The maximum absolute atomic E-state index is 11.9. The smallest absolute Gasteiger partial charge is 0.249 e. The molecule has 1 atom stereocenters. The predicted molar refractivity (Wildman–Crippen MR) is 85.7 cm³/mol. The van der Waals surface area contributed by atoms with Crippen molar-refractivity contribution in [1.82, 2.24) is 10.3 Å². The van der Waals surface area contributed by atoms with E-state index in [4.69, 9.17) is 4.74 Å². The van der Waals surface area contributed by atoms with Gasteiger partial charge in [-0.15, -0.1) is 0 Å². The third kappa shape index (κ3) is 3.97. The summed E-state index contributed by atoms with van der Waals surface area (Å²) in [5.41, 5.74) is 1.03. The number of anilines is 1. The molecule has 0 radical (unpaired) electrons. The molecule has 2 saturated heterocycles. The van der Waals surface area contributed by atoms with Gasteiger partial charge < -0.3 is 15.0 Å². The van der Waals surface area contributed by atoms with Crippen LogP contribution in [0.3, 0.4) is 0 Å². The Morgan fingerprint density at radius 2 is 2.05 bits per heavy atom. The maximum Gasteiger partial charge on any atom is 0.249 e. The van der Waals surface area contributed by atoms with Crippen LogP contribution in [-0.2, 0) is 16.1 Å². The molecule has 3 heterocycles. The summed E-state index contributed by atoms with van der Waals surface area (Å²) in [5, 5.41) is 2.93. The summed E-state index contributed by atoms with van der Waals surface area (Å²) < 4.78 is 5.38. The molecule has 1 aromatic rings. The minimum atomic E-state index is -0.260. The first-order valence-corrected chi connectivity index (χ1v) is 8.42. The summed E-state index contributed by atoms with van der Waals surface area (Å²) >= 11 is 0. The van der Waals surface area contributed by atoms with Crippen LogP contribution >= 0.6 is 0 Å². The Morgan fingerprint density at radius 3 is 2.68 bits per heavy atom. The summed E-state index contributed by atoms with van der Waals surface area (Å²) in [4.78, 5) is 18.8. The number of nitrogens with one attached hydrogen (secondary N) is 1. The number of carbonyl (C=O) groups excluding carboxylic acids is 1. The van der Waals surface area contributed by atoms with Crippen LogP contribution < -0.4 is 10.2 Å². The molecule has 0 aliphatic carbocycles. The molecule has 5 heteroatoms. The van der Waals surface area contributed by atoms with Gasteiger partial charge in [0.25, 0.3) is 0 Å². The van der Waals surface area contributed by atoms with Crippen LogP contribution in [0.25, 0.3) is 0 Å². The predicted octanol–water partition coefficient (Wildman–Crippen LogP) is 2.26. The van der Waals surface area contributed by atoms with Gasteiger partial charge in [0, 0.05) is 32.4 Å². The van der Waals surface area contributed by atoms with Crippen LogP contribution in [0, 0.1) is 0 Å². The van der Waals surface area contributed by atoms with Crippen molar-refractivity contribution in [2.24, 2.45) is 0 Å². The van der Waals surface area contributed by atoms with E-state index in [0.717, 1.165) is 37.3 Å². The third-order valence-electron chi connectivity index (χ3n) is 4.43. The van der Waals surface area contributed by atoms with E-state index in [1.54, 1.807) is 0 Å². The van der Waals surface area contributed by atoms with Crippen LogP contribution in [-0.4, -0.2) is 36.7 Å². The Kier molecular flexibility index (Phi) is 5.27. The molecule has 0 saturated carbocycles. The van der Waals surface area contributed by atoms with Gasteiger partial charge in [0.15, 0.2) is 0 Å². The quantitative estimate of drug-likeness (QED) is 0.927. The molecule has 3 rings (SSSR count). The highest BCUT2D eigenvalue weighted by atomic mass is 16.5. The summed E-state index contributed by atoms with van der Waals surface area (Å²) in [6, 6.07) is 4.13. The normalized spacial score (nSPS) is 22.4. The zero-order valence-corrected chi connectivity index (χ0v) is 13.1. The lowest BCUT2D eigenvalue weighted by Gasteiger charge is -2.21. The molecule has 120 valence electrons. The summed E-state index contributed by atoms with van der Waals surface area (Å²) in [6.45, 7) is 3.42. The van der Waals surface area contributed by atoms with E-state index in [0.29, 0.717) is 13.2 Å². The van der Waals surface area contributed by atoms with E-state index in [1.165, 1.54) is 25.7 Å². The van der Waals surface area contributed by atoms with E-state index >= 15 is 0 Å². The largest absolute Gasteiger partial charge is 0.368 e. The molecular weight excluding hydrogens is 278 g/mol. The average Bonchev–Trinajstić information content (AvgIpc) is 2.96. The molecule has 0 spiro atoms. The minimum Gasteiger partial charge on any atom is -0.368 e. The first-order valence-electron chi connectivity index (χ1n) is 8.42. The Labute approximate surface area is 132 Å². The van der Waals surface area contributed by atoms with Crippen LogP contribution in [0.2, 0.25) is 0 Å². The van der Waals surface area contributed by atoms with Crippen molar-refractivity contribution in [1.29, 1.82) is 0 Å². The molecule has 0 unspecified atom stereocenters. The van der Waals surface area contributed by atoms with Crippen molar-refractivity contribution in [2.45, 2.75) is 51.2 Å². The van der Waals surface area contributed by atoms with Crippen molar-refractivity contribution >= 4 is 11.7 Å². The third-order valence-corrected chi connectivity index (χ3v) is 4.43. The highest BCUT2D eigenvalue weighted by molar-refractivity contribution is 5.80. The number of rotatable bonds is 4. The number of carbonyl (C=O) groups is 1. The summed E-state index contributed by atoms with van der Waals surface area (Å²) in [6.07, 6.45) is 8.57. The molecular formula is C17H25N3O2. The molecule has 0 aromatic carbocycles. The zero-order valence-electron chi connectivity index (χ0n) is 13.1. The number of hydrogen-bond acceptors (Lipinski definition) is 4. The second kappa shape index (κ2) is 7.58. The number of amides is 1. The van der Waals surface area contributed by atoms with Crippen molar-refractivity contribution in [3.63, 3.8) is 0 Å². The monoisotopic (exact) mass is 303 g/mol. The fourth-order valence-corrected chi connectivity index (χ4v) is 3.10. The minimum absolute atomic E-state index is 0.00547. The lowest BCUT2D eigenvalue weighted by molar-refractivity contribution is -0.130. The topological polar surface area (TPSA) is 54.5 Å². The van der Waals surface area contributed by atoms with Crippen LogP contribution in [0.1, 0.15) is 44.1 Å². The number of pyridine rings is 1. The first-order chi connectivity index (χ1) is 10.8. The van der Waals surface area contributed by atoms with Crippen molar-refractivity contribution in [3.05, 3.63) is 23.9 Å². The van der Waals surface area contributed by atoms with E-state index in [-0.39, 0.29) is 12.0 Å². The SMILES string of the molecule is O=C(NCc1ccc(N2CCCCCC2)nc1)[C@@H]1CCCO1. The van der Waals surface area contributed by atoms with Gasteiger partial charge in [-0.2, -0.15) is 0 Å². The van der Waals surface area contributed by atoms with E-state index < -0.39 is 0 Å².